The SMILES string of the molecule is CC12C=CN=CC1c1cc(-c3cccc(-n4c(C5=CC=CCC5)nnc4-c4cccc(-c5cc6c7c(oc6cn5)CCC(c5ccccc5)=N7)c4)c3)ncc1O2. The van der Waals surface area contributed by atoms with Gasteiger partial charge in [0.1, 0.15) is 22.8 Å². The molecule has 56 heavy (non-hydrogen) atoms. The fourth-order valence-corrected chi connectivity index (χ4v) is 8.33. The lowest BCUT2D eigenvalue weighted by atomic mass is 9.85. The Balaban J connectivity index is 0.991. The topological polar surface area (TPSA) is 104 Å². The van der Waals surface area contributed by atoms with Crippen molar-refractivity contribution in [2.24, 2.45) is 9.98 Å². The van der Waals surface area contributed by atoms with Gasteiger partial charge in [0.05, 0.1) is 35.1 Å². The van der Waals surface area contributed by atoms with Gasteiger partial charge in [0.2, 0.25) is 0 Å². The van der Waals surface area contributed by atoms with E-state index in [2.05, 4.69) is 120 Å². The second-order valence-corrected chi connectivity index (χ2v) is 14.8. The van der Waals surface area contributed by atoms with Crippen LogP contribution in [-0.2, 0) is 6.42 Å². The summed E-state index contributed by atoms with van der Waals surface area (Å²) >= 11 is 0. The third kappa shape index (κ3) is 5.38. The molecule has 11 rings (SSSR count). The number of aromatic nitrogens is 5. The van der Waals surface area contributed by atoms with E-state index in [0.29, 0.717) is 0 Å². The minimum atomic E-state index is -0.464. The fraction of sp³-hybridized carbons (Fsp3) is 0.149. The molecular weight excluding hydrogens is 695 g/mol. The molecule has 2 atom stereocenters. The van der Waals surface area contributed by atoms with Crippen molar-refractivity contribution in [1.82, 2.24) is 24.7 Å². The lowest BCUT2D eigenvalue weighted by Gasteiger charge is -2.26. The molecule has 3 aromatic carbocycles. The number of rotatable bonds is 6. The highest BCUT2D eigenvalue weighted by Gasteiger charge is 2.43. The summed E-state index contributed by atoms with van der Waals surface area (Å²) in [4.78, 5) is 19.3. The smallest absolute Gasteiger partial charge is 0.168 e. The molecule has 0 spiro atoms. The molecule has 0 amide bonds. The highest BCUT2D eigenvalue weighted by molar-refractivity contribution is 6.06. The van der Waals surface area contributed by atoms with Crippen LogP contribution in [0.3, 0.4) is 0 Å². The Labute approximate surface area is 323 Å². The molecule has 4 aromatic heterocycles. The van der Waals surface area contributed by atoms with Crippen LogP contribution in [-0.4, -0.2) is 42.3 Å². The number of furan rings is 1. The van der Waals surface area contributed by atoms with E-state index >= 15 is 0 Å². The minimum absolute atomic E-state index is 0.0238. The van der Waals surface area contributed by atoms with E-state index in [9.17, 15) is 0 Å². The van der Waals surface area contributed by atoms with Gasteiger partial charge in [-0.1, -0.05) is 78.9 Å². The van der Waals surface area contributed by atoms with Crippen LogP contribution in [0.4, 0.5) is 5.69 Å². The second-order valence-electron chi connectivity index (χ2n) is 14.8. The molecule has 0 bridgehead atoms. The van der Waals surface area contributed by atoms with Gasteiger partial charge < -0.3 is 9.15 Å². The Kier molecular flexibility index (Phi) is 7.42. The Morgan fingerprint density at radius 3 is 2.46 bits per heavy atom. The van der Waals surface area contributed by atoms with Crippen LogP contribution in [0.1, 0.15) is 54.8 Å². The van der Waals surface area contributed by atoms with Gasteiger partial charge in [0, 0.05) is 52.5 Å². The first-order valence-corrected chi connectivity index (χ1v) is 19.1. The van der Waals surface area contributed by atoms with E-state index in [0.717, 1.165) is 122 Å². The van der Waals surface area contributed by atoms with Crippen LogP contribution in [0.5, 0.6) is 5.75 Å². The first kappa shape index (κ1) is 32.4. The zero-order valence-electron chi connectivity index (χ0n) is 30.6. The molecule has 270 valence electrons. The third-order valence-electron chi connectivity index (χ3n) is 11.2. The van der Waals surface area contributed by atoms with Crippen LogP contribution in [0, 0.1) is 0 Å². The summed E-state index contributed by atoms with van der Waals surface area (Å²) in [5, 5.41) is 10.6. The Bertz CT molecular complexity index is 2880. The molecule has 0 fully saturated rings. The molecule has 2 unspecified atom stereocenters. The Morgan fingerprint density at radius 1 is 0.768 bits per heavy atom. The standard InChI is InChI=1S/C47H35N7O2/c1-47-20-21-48-26-37(47)35-24-39(50-28-43(35)56-47)32-15-9-17-34(23-32)54-45(30-12-6-3-7-13-30)52-53-46(54)33-16-8-14-31(22-33)40-25-36-42(27-49-40)55-41-19-18-38(51-44(36)41)29-10-4-2-5-11-29/h2-6,8-12,14-17,20-28,37H,7,13,18-19H2,1H3. The maximum Gasteiger partial charge on any atom is 0.168 e. The van der Waals surface area contributed by atoms with Crippen molar-refractivity contribution in [3.05, 3.63) is 157 Å². The summed E-state index contributed by atoms with van der Waals surface area (Å²) in [6, 6.07) is 31.4. The Morgan fingerprint density at radius 2 is 1.57 bits per heavy atom. The van der Waals surface area contributed by atoms with Crippen molar-refractivity contribution in [3.8, 4) is 45.3 Å². The maximum atomic E-state index is 6.34. The number of nitrogens with zero attached hydrogens (tertiary/aromatic N) is 7. The molecule has 3 aliphatic heterocycles. The van der Waals surface area contributed by atoms with E-state index in [4.69, 9.17) is 34.3 Å². The largest absolute Gasteiger partial charge is 0.480 e. The van der Waals surface area contributed by atoms with Gasteiger partial charge in [-0.05, 0) is 73.7 Å². The number of hydrogen-bond acceptors (Lipinski definition) is 8. The predicted molar refractivity (Wildman–Crippen MR) is 220 cm³/mol. The predicted octanol–water partition coefficient (Wildman–Crippen LogP) is 10.4. The van der Waals surface area contributed by atoms with Crippen molar-refractivity contribution in [3.63, 3.8) is 0 Å². The van der Waals surface area contributed by atoms with Crippen LogP contribution >= 0.6 is 0 Å². The molecule has 0 radical (unpaired) electrons. The lowest BCUT2D eigenvalue weighted by Crippen LogP contribution is -2.34. The summed E-state index contributed by atoms with van der Waals surface area (Å²) in [5.41, 5.74) is 11.1. The van der Waals surface area contributed by atoms with Crippen molar-refractivity contribution < 1.29 is 9.15 Å². The zero-order chi connectivity index (χ0) is 37.2. The van der Waals surface area contributed by atoms with Gasteiger partial charge in [0.25, 0.3) is 0 Å². The van der Waals surface area contributed by atoms with Crippen LogP contribution in [0.25, 0.3) is 56.1 Å². The maximum absolute atomic E-state index is 6.34. The van der Waals surface area contributed by atoms with Crippen molar-refractivity contribution >= 4 is 34.2 Å². The van der Waals surface area contributed by atoms with Gasteiger partial charge in [0.15, 0.2) is 17.2 Å². The van der Waals surface area contributed by atoms with Crippen LogP contribution in [0.15, 0.2) is 148 Å². The number of aryl methyl sites for hydroxylation is 1. The molecule has 9 nitrogen and oxygen atoms in total. The number of ether oxygens (including phenoxy) is 1. The Hall–Kier alpha value is -7.00. The molecule has 0 N–H and O–H groups in total. The average Bonchev–Trinajstić information content (AvgIpc) is 3.95. The van der Waals surface area contributed by atoms with Crippen molar-refractivity contribution in [1.29, 1.82) is 0 Å². The zero-order valence-corrected chi connectivity index (χ0v) is 30.6. The monoisotopic (exact) mass is 729 g/mol. The van der Waals surface area contributed by atoms with Crippen LogP contribution in [0.2, 0.25) is 0 Å². The molecule has 1 aliphatic carbocycles. The average molecular weight is 730 g/mol. The van der Waals surface area contributed by atoms with E-state index < -0.39 is 5.60 Å². The fourth-order valence-electron chi connectivity index (χ4n) is 8.33. The van der Waals surface area contributed by atoms with Gasteiger partial charge >= 0.3 is 0 Å². The molecule has 9 heteroatoms. The van der Waals surface area contributed by atoms with Gasteiger partial charge in [-0.3, -0.25) is 19.5 Å². The van der Waals surface area contributed by atoms with Gasteiger partial charge in [-0.25, -0.2) is 4.99 Å². The van der Waals surface area contributed by atoms with E-state index in [1.54, 1.807) is 6.20 Å². The van der Waals surface area contributed by atoms with Crippen molar-refractivity contribution in [2.75, 3.05) is 0 Å². The number of pyridine rings is 2. The summed E-state index contributed by atoms with van der Waals surface area (Å²) in [6.45, 7) is 2.09. The lowest BCUT2D eigenvalue weighted by molar-refractivity contribution is 0.161. The number of aliphatic imine (C=N–C) groups is 2. The van der Waals surface area contributed by atoms with Gasteiger partial charge in [-0.2, -0.15) is 0 Å². The minimum Gasteiger partial charge on any atom is -0.480 e. The number of hydrogen-bond donors (Lipinski definition) is 0. The molecule has 0 saturated heterocycles. The highest BCUT2D eigenvalue weighted by atomic mass is 16.5. The molecular formula is C47H35N7O2. The first-order valence-electron chi connectivity index (χ1n) is 19.1. The summed E-state index contributed by atoms with van der Waals surface area (Å²) in [5.74, 6) is 3.28. The quantitative estimate of drug-likeness (QED) is 0.169. The molecule has 0 saturated carbocycles. The normalized spacial score (nSPS) is 19.3. The van der Waals surface area contributed by atoms with Crippen molar-refractivity contribution in [2.45, 2.75) is 44.1 Å². The molecule has 7 aromatic rings. The molecule has 4 aliphatic rings. The third-order valence-corrected chi connectivity index (χ3v) is 11.2. The van der Waals surface area contributed by atoms with E-state index in [-0.39, 0.29) is 5.92 Å². The number of benzene rings is 3. The summed E-state index contributed by atoms with van der Waals surface area (Å²) in [6.07, 6.45) is 19.3. The molecule has 7 heterocycles. The van der Waals surface area contributed by atoms with E-state index in [1.165, 1.54) is 0 Å². The summed E-state index contributed by atoms with van der Waals surface area (Å²) in [7, 11) is 0. The first-order chi connectivity index (χ1) is 27.6. The van der Waals surface area contributed by atoms with Gasteiger partial charge in [-0.15, -0.1) is 10.2 Å². The number of allylic oxidation sites excluding steroid dienone is 4. The number of fused-ring (bicyclic) bond motifs is 6. The highest BCUT2D eigenvalue weighted by Crippen LogP contribution is 2.47. The summed E-state index contributed by atoms with van der Waals surface area (Å²) < 4.78 is 14.8. The van der Waals surface area contributed by atoms with E-state index in [1.807, 2.05) is 30.8 Å². The second kappa shape index (κ2) is 12.8. The van der Waals surface area contributed by atoms with Crippen LogP contribution < -0.4 is 4.74 Å².